The molecular weight excluding hydrogens is 404 g/mol. The van der Waals surface area contributed by atoms with E-state index in [0.29, 0.717) is 6.42 Å². The molecule has 31 heavy (non-hydrogen) atoms. The Kier molecular flexibility index (Phi) is 5.75. The number of thioether (sulfide) groups is 1. The number of fused-ring (bicyclic) bond motifs is 3. The van der Waals surface area contributed by atoms with Crippen molar-refractivity contribution >= 4 is 39.9 Å². The summed E-state index contributed by atoms with van der Waals surface area (Å²) in [5.74, 6) is -0.0171. The zero-order valence-electron chi connectivity index (χ0n) is 18.9. The first-order chi connectivity index (χ1) is 14.8. The minimum atomic E-state index is -0.267. The minimum absolute atomic E-state index is 0.0171. The van der Waals surface area contributed by atoms with Gasteiger partial charge in [0.15, 0.2) is 10.8 Å². The lowest BCUT2D eigenvalue weighted by molar-refractivity contribution is -0.115. The zero-order valence-corrected chi connectivity index (χ0v) is 19.7. The largest absolute Gasteiger partial charge is 0.325 e. The van der Waals surface area contributed by atoms with E-state index in [2.05, 4.69) is 72.7 Å². The highest BCUT2D eigenvalue weighted by atomic mass is 32.2. The summed E-state index contributed by atoms with van der Waals surface area (Å²) in [6, 6.07) is 12.4. The van der Waals surface area contributed by atoms with E-state index in [1.807, 2.05) is 25.1 Å². The van der Waals surface area contributed by atoms with E-state index in [9.17, 15) is 4.79 Å². The predicted octanol–water partition coefficient (Wildman–Crippen LogP) is 5.93. The summed E-state index contributed by atoms with van der Waals surface area (Å²) >= 11 is 1.47. The summed E-state index contributed by atoms with van der Waals surface area (Å²) in [5.41, 5.74) is 8.70. The molecule has 6 heteroatoms. The molecule has 2 aromatic carbocycles. The lowest BCUT2D eigenvalue weighted by atomic mass is 10.0. The lowest BCUT2D eigenvalue weighted by Crippen LogP contribution is -2.25. The number of nitrogens with zero attached hydrogens (tertiary/aromatic N) is 3. The van der Waals surface area contributed by atoms with Gasteiger partial charge < -0.3 is 5.32 Å². The highest BCUT2D eigenvalue weighted by molar-refractivity contribution is 8.00. The van der Waals surface area contributed by atoms with Gasteiger partial charge in [0.2, 0.25) is 5.91 Å². The fourth-order valence-corrected chi connectivity index (χ4v) is 4.95. The Morgan fingerprint density at radius 3 is 2.45 bits per heavy atom. The molecule has 4 aromatic rings. The monoisotopic (exact) mass is 432 g/mol. The van der Waals surface area contributed by atoms with E-state index >= 15 is 0 Å². The summed E-state index contributed by atoms with van der Waals surface area (Å²) in [6.45, 7) is 12.5. The van der Waals surface area contributed by atoms with Crippen LogP contribution in [0.1, 0.15) is 41.2 Å². The third-order valence-corrected chi connectivity index (χ3v) is 7.09. The number of hydrogen-bond acceptors (Lipinski definition) is 4. The zero-order chi connectivity index (χ0) is 22.3. The second-order valence-corrected chi connectivity index (χ2v) is 9.45. The van der Waals surface area contributed by atoms with Crippen LogP contribution in [0.15, 0.2) is 41.6 Å². The van der Waals surface area contributed by atoms with Crippen molar-refractivity contribution in [3.05, 3.63) is 64.2 Å². The number of nitrogens with one attached hydrogen (secondary N) is 1. The van der Waals surface area contributed by atoms with Gasteiger partial charge in [-0.3, -0.25) is 9.20 Å². The fourth-order valence-electron chi connectivity index (χ4n) is 3.98. The van der Waals surface area contributed by atoms with Gasteiger partial charge in [0.05, 0.1) is 10.8 Å². The van der Waals surface area contributed by atoms with Crippen LogP contribution in [0.25, 0.3) is 16.6 Å². The van der Waals surface area contributed by atoms with Gasteiger partial charge in [0.25, 0.3) is 0 Å². The normalized spacial score (nSPS) is 12.5. The maximum absolute atomic E-state index is 13.0. The molecule has 160 valence electrons. The highest BCUT2D eigenvalue weighted by Crippen LogP contribution is 2.31. The highest BCUT2D eigenvalue weighted by Gasteiger charge is 2.22. The van der Waals surface area contributed by atoms with Crippen LogP contribution in [-0.4, -0.2) is 25.8 Å². The number of aromatic nitrogens is 3. The average Bonchev–Trinajstić information content (AvgIpc) is 3.10. The summed E-state index contributed by atoms with van der Waals surface area (Å²) in [5, 5.41) is 13.6. The van der Waals surface area contributed by atoms with Gasteiger partial charge in [-0.1, -0.05) is 36.4 Å². The van der Waals surface area contributed by atoms with Gasteiger partial charge in [0.1, 0.15) is 0 Å². The second-order valence-electron chi connectivity index (χ2n) is 8.28. The number of carbonyl (C=O) groups excluding carboxylic acids is 1. The van der Waals surface area contributed by atoms with Gasteiger partial charge in [-0.15, -0.1) is 10.2 Å². The van der Waals surface area contributed by atoms with Crippen LogP contribution in [0.3, 0.4) is 0 Å². The molecule has 0 spiro atoms. The molecule has 0 aliphatic heterocycles. The molecule has 0 radical (unpaired) electrons. The maximum Gasteiger partial charge on any atom is 0.237 e. The molecule has 0 saturated heterocycles. The summed E-state index contributed by atoms with van der Waals surface area (Å²) in [6.07, 6.45) is 0.693. The van der Waals surface area contributed by atoms with Crippen molar-refractivity contribution in [3.8, 4) is 0 Å². The van der Waals surface area contributed by atoms with Crippen LogP contribution >= 0.6 is 11.8 Å². The molecule has 0 aliphatic rings. The van der Waals surface area contributed by atoms with E-state index in [1.165, 1.54) is 39.4 Å². The minimum Gasteiger partial charge on any atom is -0.325 e. The Morgan fingerprint density at radius 2 is 1.74 bits per heavy atom. The molecule has 1 unspecified atom stereocenters. The number of rotatable bonds is 5. The SMILES string of the molecule is CCC(Sc1nnc2cc(C)c3cc(C)cc(C)c3n12)C(=O)Nc1ccc(C)c(C)c1. The Balaban J connectivity index is 1.70. The number of anilines is 1. The molecule has 0 saturated carbocycles. The predicted molar refractivity (Wildman–Crippen MR) is 129 cm³/mol. The molecule has 1 atom stereocenters. The van der Waals surface area contributed by atoms with Crippen molar-refractivity contribution in [2.75, 3.05) is 5.32 Å². The Labute approximate surface area is 187 Å². The molecule has 2 aromatic heterocycles. The maximum atomic E-state index is 13.0. The molecule has 0 aliphatic carbocycles. The quantitative estimate of drug-likeness (QED) is 0.397. The van der Waals surface area contributed by atoms with E-state index in [4.69, 9.17) is 0 Å². The second kappa shape index (κ2) is 8.35. The van der Waals surface area contributed by atoms with Gasteiger partial charge >= 0.3 is 0 Å². The standard InChI is InChI=1S/C25H28N4OS/c1-7-21(24(30)26-19-9-8-15(3)16(4)12-19)31-25-28-27-22-13-17(5)20-11-14(2)10-18(6)23(20)29(22)25/h8-13,21H,7H2,1-6H3,(H,26,30). The number of benzene rings is 2. The van der Waals surface area contributed by atoms with Gasteiger partial charge in [-0.2, -0.15) is 0 Å². The summed E-state index contributed by atoms with van der Waals surface area (Å²) < 4.78 is 2.09. The van der Waals surface area contributed by atoms with Gasteiger partial charge in [0, 0.05) is 11.1 Å². The van der Waals surface area contributed by atoms with E-state index in [0.717, 1.165) is 27.6 Å². The first kappa shape index (κ1) is 21.4. The molecule has 1 N–H and O–H groups in total. The number of amides is 1. The summed E-state index contributed by atoms with van der Waals surface area (Å²) in [4.78, 5) is 13.0. The van der Waals surface area contributed by atoms with Crippen molar-refractivity contribution in [1.29, 1.82) is 0 Å². The molecule has 5 nitrogen and oxygen atoms in total. The van der Waals surface area contributed by atoms with Crippen molar-refractivity contribution in [1.82, 2.24) is 14.6 Å². The van der Waals surface area contributed by atoms with Crippen LogP contribution < -0.4 is 5.32 Å². The first-order valence-corrected chi connectivity index (χ1v) is 11.5. The van der Waals surface area contributed by atoms with E-state index in [1.54, 1.807) is 0 Å². The van der Waals surface area contributed by atoms with Crippen LogP contribution in [0.5, 0.6) is 0 Å². The smallest absolute Gasteiger partial charge is 0.237 e. The molecule has 0 fully saturated rings. The fraction of sp³-hybridized carbons (Fsp3) is 0.320. The molecular formula is C25H28N4OS. The summed E-state index contributed by atoms with van der Waals surface area (Å²) in [7, 11) is 0. The third kappa shape index (κ3) is 4.04. The number of hydrogen-bond donors (Lipinski definition) is 1. The van der Waals surface area contributed by atoms with Gasteiger partial charge in [-0.25, -0.2) is 0 Å². The number of aryl methyl sites for hydroxylation is 5. The third-order valence-electron chi connectivity index (χ3n) is 5.78. The van der Waals surface area contributed by atoms with Crippen LogP contribution in [0.2, 0.25) is 0 Å². The molecule has 2 heterocycles. The molecule has 4 rings (SSSR count). The average molecular weight is 433 g/mol. The lowest BCUT2D eigenvalue weighted by Gasteiger charge is -2.16. The Bertz CT molecular complexity index is 1310. The van der Waals surface area contributed by atoms with Crippen LogP contribution in [-0.2, 0) is 4.79 Å². The number of carbonyl (C=O) groups is 1. The van der Waals surface area contributed by atoms with Crippen molar-refractivity contribution in [2.24, 2.45) is 0 Å². The van der Waals surface area contributed by atoms with Crippen molar-refractivity contribution < 1.29 is 4.79 Å². The first-order valence-electron chi connectivity index (χ1n) is 10.6. The topological polar surface area (TPSA) is 59.3 Å². The van der Waals surface area contributed by atoms with Crippen molar-refractivity contribution in [3.63, 3.8) is 0 Å². The van der Waals surface area contributed by atoms with Gasteiger partial charge in [-0.05, 0) is 87.6 Å². The molecule has 1 amide bonds. The Hall–Kier alpha value is -2.86. The Morgan fingerprint density at radius 1 is 0.968 bits per heavy atom. The van der Waals surface area contributed by atoms with E-state index < -0.39 is 0 Å². The van der Waals surface area contributed by atoms with E-state index in [-0.39, 0.29) is 11.2 Å². The number of pyridine rings is 1. The van der Waals surface area contributed by atoms with Crippen LogP contribution in [0, 0.1) is 34.6 Å². The molecule has 0 bridgehead atoms. The van der Waals surface area contributed by atoms with Crippen LogP contribution in [0.4, 0.5) is 5.69 Å². The van der Waals surface area contributed by atoms with Crippen molar-refractivity contribution in [2.45, 2.75) is 58.4 Å².